The molecule has 0 saturated heterocycles. The predicted molar refractivity (Wildman–Crippen MR) is 185 cm³/mol. The topological polar surface area (TPSA) is 143 Å². The van der Waals surface area contributed by atoms with Crippen molar-refractivity contribution in [3.8, 4) is 0 Å². The summed E-state index contributed by atoms with van der Waals surface area (Å²) in [5, 5.41) is 3.00. The molecular weight excluding hydrogens is 620 g/mol. The van der Waals surface area contributed by atoms with Crippen LogP contribution in [0.2, 0.25) is 0 Å². The minimum absolute atomic E-state index is 0.0882. The van der Waals surface area contributed by atoms with E-state index in [0.717, 1.165) is 24.0 Å². The van der Waals surface area contributed by atoms with Gasteiger partial charge in [0.15, 0.2) is 17.3 Å². The van der Waals surface area contributed by atoms with E-state index in [9.17, 15) is 28.8 Å². The Morgan fingerprint density at radius 2 is 1.67 bits per heavy atom. The quantitative estimate of drug-likeness (QED) is 0.171. The molecule has 2 heterocycles. The third kappa shape index (κ3) is 9.76. The molecule has 49 heavy (non-hydrogen) atoms. The van der Waals surface area contributed by atoms with Gasteiger partial charge in [0, 0.05) is 56.5 Å². The average molecular weight is 673 g/mol. The van der Waals surface area contributed by atoms with Gasteiger partial charge in [-0.3, -0.25) is 33.8 Å². The molecule has 5 atom stereocenters. The number of nitrogens with one attached hydrogen (secondary N) is 1. The van der Waals surface area contributed by atoms with Gasteiger partial charge in [0.25, 0.3) is 0 Å². The molecule has 1 aliphatic carbocycles. The zero-order chi connectivity index (χ0) is 35.9. The van der Waals surface area contributed by atoms with Crippen molar-refractivity contribution >= 4 is 34.9 Å². The molecule has 0 spiro atoms. The normalized spacial score (nSPS) is 18.4. The largest absolute Gasteiger partial charge is 0.344 e. The van der Waals surface area contributed by atoms with Gasteiger partial charge in [-0.25, -0.2) is 4.98 Å². The van der Waals surface area contributed by atoms with E-state index < -0.39 is 52.7 Å². The van der Waals surface area contributed by atoms with Crippen molar-refractivity contribution < 1.29 is 28.8 Å². The van der Waals surface area contributed by atoms with Crippen molar-refractivity contribution in [3.63, 3.8) is 0 Å². The highest BCUT2D eigenvalue weighted by Gasteiger charge is 2.44. The molecule has 1 fully saturated rings. The maximum Gasteiger partial charge on any atom is 0.246 e. The Kier molecular flexibility index (Phi) is 12.7. The Morgan fingerprint density at radius 1 is 0.980 bits per heavy atom. The minimum atomic E-state index is -1.01. The Morgan fingerprint density at radius 3 is 2.27 bits per heavy atom. The van der Waals surface area contributed by atoms with E-state index in [4.69, 9.17) is 0 Å². The summed E-state index contributed by atoms with van der Waals surface area (Å²) in [7, 11) is 0. The lowest BCUT2D eigenvalue weighted by Gasteiger charge is -2.41. The zero-order valence-corrected chi connectivity index (χ0v) is 29.9. The molecule has 1 aliphatic heterocycles. The van der Waals surface area contributed by atoms with Crippen LogP contribution in [0.4, 0.5) is 0 Å². The van der Waals surface area contributed by atoms with Gasteiger partial charge in [0.2, 0.25) is 17.6 Å². The van der Waals surface area contributed by atoms with Crippen LogP contribution in [0.1, 0.15) is 115 Å². The van der Waals surface area contributed by atoms with Crippen LogP contribution in [0.25, 0.3) is 0 Å². The average Bonchev–Trinajstić information content (AvgIpc) is 3.91. The molecule has 1 aromatic carbocycles. The van der Waals surface area contributed by atoms with Crippen LogP contribution >= 0.6 is 0 Å². The SMILES string of the molecule is CCC[C@H](CC(=O)[C@@H]1Cc2ccccc2CN1C(=O)[C@@H](NC(=O)[C@@H](CC(=O)c1cnccn1)[C@@H](C)CC)C(C)(C)C)C(=O)C(=O)CC1CC1. The second kappa shape index (κ2) is 16.5. The lowest BCUT2D eigenvalue weighted by molar-refractivity contribution is -0.148. The first-order valence-corrected chi connectivity index (χ1v) is 17.8. The predicted octanol–water partition coefficient (Wildman–Crippen LogP) is 5.51. The molecule has 1 aromatic heterocycles. The second-order valence-electron chi connectivity index (χ2n) is 15.1. The zero-order valence-electron chi connectivity index (χ0n) is 29.9. The van der Waals surface area contributed by atoms with Crippen molar-refractivity contribution in [3.05, 3.63) is 59.7 Å². The second-order valence-corrected chi connectivity index (χ2v) is 15.1. The van der Waals surface area contributed by atoms with E-state index in [0.29, 0.717) is 19.3 Å². The fourth-order valence-electron chi connectivity index (χ4n) is 6.66. The Bertz CT molecular complexity index is 1530. The van der Waals surface area contributed by atoms with E-state index in [1.165, 1.54) is 18.6 Å². The Hall–Kier alpha value is -4.08. The fraction of sp³-hybridized carbons (Fsp3) is 0.590. The van der Waals surface area contributed by atoms with Gasteiger partial charge in [0.05, 0.1) is 12.2 Å². The molecule has 0 bridgehead atoms. The molecule has 264 valence electrons. The molecule has 10 heteroatoms. The van der Waals surface area contributed by atoms with Gasteiger partial charge >= 0.3 is 0 Å². The molecule has 0 radical (unpaired) electrons. The fourth-order valence-corrected chi connectivity index (χ4v) is 6.66. The number of nitrogens with zero attached hydrogens (tertiary/aromatic N) is 3. The molecular formula is C39H52N4O6. The number of amides is 2. The summed E-state index contributed by atoms with van der Waals surface area (Å²) in [5.41, 5.74) is 1.28. The van der Waals surface area contributed by atoms with Crippen LogP contribution in [-0.2, 0) is 36.9 Å². The van der Waals surface area contributed by atoms with E-state index in [-0.39, 0.29) is 61.3 Å². The molecule has 2 amide bonds. The van der Waals surface area contributed by atoms with Gasteiger partial charge in [0.1, 0.15) is 11.7 Å². The number of carbonyl (C=O) groups excluding carboxylic acids is 6. The van der Waals surface area contributed by atoms with Crippen molar-refractivity contribution in [2.24, 2.45) is 29.1 Å². The first-order valence-electron chi connectivity index (χ1n) is 17.8. The van der Waals surface area contributed by atoms with Crippen LogP contribution in [-0.4, -0.2) is 61.9 Å². The number of rotatable bonds is 17. The molecule has 0 unspecified atom stereocenters. The highest BCUT2D eigenvalue weighted by atomic mass is 16.2. The summed E-state index contributed by atoms with van der Waals surface area (Å²) in [6, 6.07) is 5.79. The molecule has 1 saturated carbocycles. The van der Waals surface area contributed by atoms with Gasteiger partial charge < -0.3 is 10.2 Å². The highest BCUT2D eigenvalue weighted by Crippen LogP contribution is 2.34. The van der Waals surface area contributed by atoms with Crippen molar-refractivity contribution in [2.75, 3.05) is 0 Å². The van der Waals surface area contributed by atoms with Crippen LogP contribution in [0.3, 0.4) is 0 Å². The number of ketones is 4. The standard InChI is InChI=1S/C39H52N4O6/c1-7-11-27(35(47)34(46)18-25-14-15-25)20-33(45)31-19-26-12-9-10-13-28(26)23-43(31)38(49)36(39(4,5)6)42-37(48)29(24(3)8-2)21-32(44)30-22-40-16-17-41-30/h9-10,12-13,16-17,22,24-25,27,29,31,36H,7-8,11,14-15,18-21,23H2,1-6H3,(H,42,48)/t24-,27+,29-,31-,36+/m0/s1. The van der Waals surface area contributed by atoms with Crippen LogP contribution in [0.15, 0.2) is 42.9 Å². The van der Waals surface area contributed by atoms with Gasteiger partial charge in [-0.2, -0.15) is 0 Å². The monoisotopic (exact) mass is 672 g/mol. The maximum absolute atomic E-state index is 14.6. The van der Waals surface area contributed by atoms with Gasteiger partial charge in [-0.1, -0.05) is 78.6 Å². The van der Waals surface area contributed by atoms with Crippen molar-refractivity contribution in [1.82, 2.24) is 20.2 Å². The lowest BCUT2D eigenvalue weighted by Crippen LogP contribution is -2.60. The molecule has 2 aliphatic rings. The number of aromatic nitrogens is 2. The van der Waals surface area contributed by atoms with Gasteiger partial charge in [-0.05, 0) is 47.6 Å². The smallest absolute Gasteiger partial charge is 0.246 e. The van der Waals surface area contributed by atoms with E-state index in [1.54, 1.807) is 4.90 Å². The maximum atomic E-state index is 14.6. The van der Waals surface area contributed by atoms with Crippen LogP contribution in [0.5, 0.6) is 0 Å². The van der Waals surface area contributed by atoms with E-state index in [2.05, 4.69) is 15.3 Å². The number of Topliss-reactive ketones (excluding diaryl/α,β-unsaturated/α-hetero) is 4. The third-order valence-corrected chi connectivity index (χ3v) is 10.1. The minimum Gasteiger partial charge on any atom is -0.344 e. The first kappa shape index (κ1) is 37.7. The molecule has 10 nitrogen and oxygen atoms in total. The van der Waals surface area contributed by atoms with Crippen LogP contribution in [0, 0.1) is 29.1 Å². The summed E-state index contributed by atoms with van der Waals surface area (Å²) in [4.78, 5) is 91.6. The van der Waals surface area contributed by atoms with Crippen molar-refractivity contribution in [2.45, 2.75) is 118 Å². The van der Waals surface area contributed by atoms with E-state index >= 15 is 0 Å². The Labute approximate surface area is 290 Å². The number of hydrogen-bond acceptors (Lipinski definition) is 8. The number of fused-ring (bicyclic) bond motifs is 1. The number of carbonyl (C=O) groups is 6. The Balaban J connectivity index is 1.60. The summed E-state index contributed by atoms with van der Waals surface area (Å²) >= 11 is 0. The van der Waals surface area contributed by atoms with Crippen LogP contribution < -0.4 is 5.32 Å². The van der Waals surface area contributed by atoms with E-state index in [1.807, 2.05) is 65.8 Å². The first-order chi connectivity index (χ1) is 23.2. The molecule has 4 rings (SSSR count). The third-order valence-electron chi connectivity index (χ3n) is 10.1. The molecule has 2 aromatic rings. The number of hydrogen-bond donors (Lipinski definition) is 1. The lowest BCUT2D eigenvalue weighted by atomic mass is 9.81. The summed E-state index contributed by atoms with van der Waals surface area (Å²) < 4.78 is 0. The molecule has 1 N–H and O–H groups in total. The van der Waals surface area contributed by atoms with Gasteiger partial charge in [-0.15, -0.1) is 0 Å². The summed E-state index contributed by atoms with van der Waals surface area (Å²) in [5.74, 6) is -3.61. The summed E-state index contributed by atoms with van der Waals surface area (Å²) in [6.45, 7) is 11.5. The number of benzene rings is 1. The highest BCUT2D eigenvalue weighted by molar-refractivity contribution is 6.38. The summed E-state index contributed by atoms with van der Waals surface area (Å²) in [6.07, 6.45) is 8.20. The van der Waals surface area contributed by atoms with Crippen molar-refractivity contribution in [1.29, 1.82) is 0 Å².